The minimum absolute atomic E-state index is 0.0794. The summed E-state index contributed by atoms with van der Waals surface area (Å²) in [4.78, 5) is 18.5. The van der Waals surface area contributed by atoms with Gasteiger partial charge in [0.05, 0.1) is 6.04 Å². The number of hydrogen-bond acceptors (Lipinski definition) is 4. The van der Waals surface area contributed by atoms with Crippen LogP contribution < -0.4 is 4.74 Å². The number of aromatic hydroxyl groups is 1. The third-order valence-corrected chi connectivity index (χ3v) is 8.23. The topological polar surface area (TPSA) is 53.0 Å². The molecule has 1 saturated heterocycles. The Balaban J connectivity index is 1.28. The number of benzene rings is 3. The number of amides is 1. The number of likely N-dealkylation sites (tertiary alicyclic amines) is 1. The van der Waals surface area contributed by atoms with Crippen molar-refractivity contribution in [2.24, 2.45) is 0 Å². The van der Waals surface area contributed by atoms with Crippen LogP contribution in [0.1, 0.15) is 59.3 Å². The van der Waals surface area contributed by atoms with Gasteiger partial charge in [0.1, 0.15) is 17.6 Å². The molecule has 6 rings (SSSR count). The fourth-order valence-electron chi connectivity index (χ4n) is 6.12. The van der Waals surface area contributed by atoms with Gasteiger partial charge in [-0.25, -0.2) is 0 Å². The fraction of sp³-hybridized carbons (Fsp3) is 0.387. The quantitative estimate of drug-likeness (QED) is 0.513. The second-order valence-electron chi connectivity index (χ2n) is 10.6. The van der Waals surface area contributed by atoms with E-state index in [1.807, 2.05) is 42.5 Å². The first kappa shape index (κ1) is 23.1. The summed E-state index contributed by atoms with van der Waals surface area (Å²) in [5, 5.41) is 10.2. The molecule has 2 heterocycles. The number of carbonyl (C=O) groups is 1. The van der Waals surface area contributed by atoms with Gasteiger partial charge in [-0.15, -0.1) is 0 Å². The van der Waals surface area contributed by atoms with Crippen LogP contribution in [0.15, 0.2) is 72.8 Å². The van der Waals surface area contributed by atoms with Crippen molar-refractivity contribution in [2.75, 3.05) is 19.6 Å². The minimum atomic E-state index is -0.158. The van der Waals surface area contributed by atoms with Gasteiger partial charge in [0, 0.05) is 24.2 Å². The van der Waals surface area contributed by atoms with Crippen LogP contribution in [0, 0.1) is 0 Å². The first-order chi connectivity index (χ1) is 17.5. The highest BCUT2D eigenvalue weighted by Crippen LogP contribution is 2.54. The van der Waals surface area contributed by atoms with Crippen LogP contribution in [0.4, 0.5) is 0 Å². The number of nitrogens with zero attached hydrogens (tertiary/aromatic N) is 2. The molecule has 0 aromatic heterocycles. The van der Waals surface area contributed by atoms with E-state index in [0.29, 0.717) is 5.75 Å². The summed E-state index contributed by atoms with van der Waals surface area (Å²) >= 11 is 0. The van der Waals surface area contributed by atoms with Gasteiger partial charge >= 0.3 is 0 Å². The number of hydrogen-bond donors (Lipinski definition) is 1. The van der Waals surface area contributed by atoms with E-state index in [4.69, 9.17) is 4.74 Å². The maximum Gasteiger partial charge on any atom is 0.254 e. The Morgan fingerprint density at radius 2 is 1.83 bits per heavy atom. The highest BCUT2D eigenvalue weighted by Gasteiger charge is 2.55. The largest absolute Gasteiger partial charge is 0.508 e. The Bertz CT molecular complexity index is 1240. The van der Waals surface area contributed by atoms with E-state index in [1.54, 1.807) is 6.07 Å². The van der Waals surface area contributed by atoms with Crippen molar-refractivity contribution in [1.82, 2.24) is 9.80 Å². The molecule has 2 unspecified atom stereocenters. The average molecular weight is 483 g/mol. The number of ether oxygens (including phenoxy) is 1. The maximum absolute atomic E-state index is 13.9. The molecule has 36 heavy (non-hydrogen) atoms. The fourth-order valence-corrected chi connectivity index (χ4v) is 6.12. The van der Waals surface area contributed by atoms with E-state index in [-0.39, 0.29) is 23.6 Å². The van der Waals surface area contributed by atoms with Crippen molar-refractivity contribution >= 4 is 5.91 Å². The summed E-state index contributed by atoms with van der Waals surface area (Å²) < 4.78 is 6.25. The lowest BCUT2D eigenvalue weighted by Gasteiger charge is -2.44. The van der Waals surface area contributed by atoms with Gasteiger partial charge in [0.2, 0.25) is 0 Å². The number of fused-ring (bicyclic) bond motifs is 1. The van der Waals surface area contributed by atoms with Crippen LogP contribution >= 0.6 is 0 Å². The van der Waals surface area contributed by atoms with Crippen LogP contribution in [-0.4, -0.2) is 52.1 Å². The van der Waals surface area contributed by atoms with Gasteiger partial charge in [-0.3, -0.25) is 9.69 Å². The maximum atomic E-state index is 13.9. The predicted octanol–water partition coefficient (Wildman–Crippen LogP) is 5.38. The molecule has 1 amide bonds. The Kier molecular flexibility index (Phi) is 5.96. The molecule has 2 atom stereocenters. The molecule has 2 fully saturated rings. The highest BCUT2D eigenvalue weighted by atomic mass is 16.5. The Morgan fingerprint density at radius 3 is 2.53 bits per heavy atom. The second kappa shape index (κ2) is 9.29. The van der Waals surface area contributed by atoms with Crippen molar-refractivity contribution in [3.05, 3.63) is 95.1 Å². The van der Waals surface area contributed by atoms with Crippen molar-refractivity contribution in [2.45, 2.75) is 56.7 Å². The van der Waals surface area contributed by atoms with E-state index < -0.39 is 0 Å². The zero-order valence-electron chi connectivity index (χ0n) is 20.9. The van der Waals surface area contributed by atoms with Crippen LogP contribution in [-0.2, 0) is 12.8 Å². The molecular weight excluding hydrogens is 448 g/mol. The Morgan fingerprint density at radius 1 is 1.06 bits per heavy atom. The van der Waals surface area contributed by atoms with Crippen LogP contribution in [0.3, 0.4) is 0 Å². The summed E-state index contributed by atoms with van der Waals surface area (Å²) in [7, 11) is 0. The molecule has 5 nitrogen and oxygen atoms in total. The zero-order valence-corrected chi connectivity index (χ0v) is 20.9. The molecule has 1 N–H and O–H groups in total. The smallest absolute Gasteiger partial charge is 0.254 e. The summed E-state index contributed by atoms with van der Waals surface area (Å²) in [5.41, 5.74) is 4.06. The van der Waals surface area contributed by atoms with Crippen LogP contribution in [0.25, 0.3) is 0 Å². The lowest BCUT2D eigenvalue weighted by atomic mass is 9.83. The van der Waals surface area contributed by atoms with Gasteiger partial charge in [0.15, 0.2) is 0 Å². The van der Waals surface area contributed by atoms with Crippen LogP contribution in [0.2, 0.25) is 0 Å². The van der Waals surface area contributed by atoms with Gasteiger partial charge in [-0.2, -0.15) is 0 Å². The van der Waals surface area contributed by atoms with Crippen molar-refractivity contribution in [3.8, 4) is 11.5 Å². The molecule has 186 valence electrons. The molecular formula is C31H34N2O3. The average Bonchev–Trinajstić information content (AvgIpc) is 3.50. The third kappa shape index (κ3) is 4.37. The van der Waals surface area contributed by atoms with E-state index in [9.17, 15) is 9.90 Å². The van der Waals surface area contributed by atoms with Gasteiger partial charge in [-0.1, -0.05) is 43.3 Å². The molecule has 0 radical (unpaired) electrons. The van der Waals surface area contributed by atoms with E-state index in [1.165, 1.54) is 5.56 Å². The number of phenols is 1. The molecule has 1 saturated carbocycles. The molecule has 2 aliphatic heterocycles. The molecule has 5 heteroatoms. The lowest BCUT2D eigenvalue weighted by Crippen LogP contribution is -2.49. The number of rotatable bonds is 6. The number of phenolic OH excluding ortho intramolecular Hbond substituents is 1. The highest BCUT2D eigenvalue weighted by molar-refractivity contribution is 5.95. The molecule has 3 aromatic rings. The first-order valence-electron chi connectivity index (χ1n) is 13.2. The summed E-state index contributed by atoms with van der Waals surface area (Å²) in [5.74, 6) is 1.30. The van der Waals surface area contributed by atoms with Crippen molar-refractivity contribution < 1.29 is 14.6 Å². The van der Waals surface area contributed by atoms with E-state index in [2.05, 4.69) is 41.0 Å². The SMILES string of the molecule is CCN1CCC(Oc2ccc(CC3c4ccc(O)cc4CC4(CC4)N3C(=O)c3ccccc3)cc2)C1. The number of carbonyl (C=O) groups excluding carboxylic acids is 1. The monoisotopic (exact) mass is 482 g/mol. The Labute approximate surface area is 213 Å². The summed E-state index contributed by atoms with van der Waals surface area (Å²) in [6.07, 6.45) is 4.85. The molecule has 3 aliphatic rings. The molecule has 0 bridgehead atoms. The normalized spacial score (nSPS) is 22.4. The zero-order chi connectivity index (χ0) is 24.7. The summed E-state index contributed by atoms with van der Waals surface area (Å²) in [6.45, 7) is 5.35. The predicted molar refractivity (Wildman–Crippen MR) is 140 cm³/mol. The number of likely N-dealkylation sites (N-methyl/N-ethyl adjacent to an activating group) is 1. The standard InChI is InChI=1S/C31H34N2O3/c1-2-32-17-14-27(21-32)36-26-11-8-22(9-12-26)18-29-28-13-10-25(34)19-24(28)20-31(15-16-31)33(29)30(35)23-6-4-3-5-7-23/h3-13,19,27,29,34H,2,14-18,20-21H2,1H3. The van der Waals surface area contributed by atoms with Crippen molar-refractivity contribution in [1.29, 1.82) is 0 Å². The molecule has 1 spiro atoms. The Hall–Kier alpha value is -3.31. The van der Waals surface area contributed by atoms with Gasteiger partial charge < -0.3 is 14.7 Å². The second-order valence-corrected chi connectivity index (χ2v) is 10.6. The van der Waals surface area contributed by atoms with Crippen LogP contribution in [0.5, 0.6) is 11.5 Å². The van der Waals surface area contributed by atoms with Crippen molar-refractivity contribution in [3.63, 3.8) is 0 Å². The van der Waals surface area contributed by atoms with E-state index in [0.717, 1.165) is 74.2 Å². The summed E-state index contributed by atoms with van der Waals surface area (Å²) in [6, 6.07) is 23.6. The minimum Gasteiger partial charge on any atom is -0.508 e. The van der Waals surface area contributed by atoms with E-state index >= 15 is 0 Å². The molecule has 3 aromatic carbocycles. The van der Waals surface area contributed by atoms with Gasteiger partial charge in [0.25, 0.3) is 5.91 Å². The van der Waals surface area contributed by atoms with Gasteiger partial charge in [-0.05, 0) is 91.7 Å². The first-order valence-corrected chi connectivity index (χ1v) is 13.2. The lowest BCUT2D eigenvalue weighted by molar-refractivity contribution is 0.0486. The molecule has 1 aliphatic carbocycles. The third-order valence-electron chi connectivity index (χ3n) is 8.23.